The number of aliphatic hydroxyl groups excluding tert-OH is 1. The molecule has 1 aromatic heterocycles. The van der Waals surface area contributed by atoms with Crippen molar-refractivity contribution in [3.05, 3.63) is 89.4 Å². The van der Waals surface area contributed by atoms with Gasteiger partial charge >= 0.3 is 0 Å². The number of furan rings is 1. The lowest BCUT2D eigenvalue weighted by atomic mass is 9.99. The fraction of sp³-hybridized carbons (Fsp3) is 0.231. The van der Waals surface area contributed by atoms with Gasteiger partial charge in [0.05, 0.1) is 18.4 Å². The zero-order valence-corrected chi connectivity index (χ0v) is 18.2. The van der Waals surface area contributed by atoms with Crippen LogP contribution in [-0.4, -0.2) is 23.4 Å². The van der Waals surface area contributed by atoms with E-state index < -0.39 is 17.7 Å². The third-order valence-electron chi connectivity index (χ3n) is 5.32. The van der Waals surface area contributed by atoms with Crippen LogP contribution in [0.2, 0.25) is 0 Å². The maximum Gasteiger partial charge on any atom is 0.300 e. The van der Waals surface area contributed by atoms with Crippen molar-refractivity contribution in [1.29, 1.82) is 0 Å². The Morgan fingerprint density at radius 3 is 2.56 bits per heavy atom. The second-order valence-corrected chi connectivity index (χ2v) is 8.20. The van der Waals surface area contributed by atoms with E-state index in [0.29, 0.717) is 35.3 Å². The van der Waals surface area contributed by atoms with Gasteiger partial charge in [-0.1, -0.05) is 44.2 Å². The fourth-order valence-corrected chi connectivity index (χ4v) is 3.78. The van der Waals surface area contributed by atoms with Crippen LogP contribution >= 0.6 is 0 Å². The highest BCUT2D eigenvalue weighted by atomic mass is 16.5. The van der Waals surface area contributed by atoms with E-state index in [9.17, 15) is 14.7 Å². The normalized spacial score (nSPS) is 17.9. The summed E-state index contributed by atoms with van der Waals surface area (Å²) in [6.07, 6.45) is 1.48. The Morgan fingerprint density at radius 2 is 1.88 bits per heavy atom. The molecular weight excluding hydrogens is 406 g/mol. The quantitative estimate of drug-likeness (QED) is 0.328. The number of aryl methyl sites for hydroxylation is 1. The molecule has 0 bridgehead atoms. The summed E-state index contributed by atoms with van der Waals surface area (Å²) in [6, 6.07) is 16.7. The van der Waals surface area contributed by atoms with Gasteiger partial charge in [-0.25, -0.2) is 0 Å². The zero-order valence-electron chi connectivity index (χ0n) is 18.2. The van der Waals surface area contributed by atoms with Crippen LogP contribution in [0, 0.1) is 12.8 Å². The monoisotopic (exact) mass is 431 g/mol. The minimum atomic E-state index is -0.883. The van der Waals surface area contributed by atoms with E-state index >= 15 is 0 Å². The Labute approximate surface area is 186 Å². The molecule has 4 rings (SSSR count). The van der Waals surface area contributed by atoms with Crippen molar-refractivity contribution in [3.8, 4) is 5.75 Å². The number of ketones is 1. The summed E-state index contributed by atoms with van der Waals surface area (Å²) >= 11 is 0. The topological polar surface area (TPSA) is 80.0 Å². The van der Waals surface area contributed by atoms with E-state index in [1.807, 2.05) is 32.9 Å². The van der Waals surface area contributed by atoms with Gasteiger partial charge in [-0.3, -0.25) is 14.5 Å². The molecular formula is C26H25NO5. The Hall–Kier alpha value is -3.80. The van der Waals surface area contributed by atoms with Crippen LogP contribution in [-0.2, 0) is 9.59 Å². The first kappa shape index (κ1) is 21.4. The average Bonchev–Trinajstić information content (AvgIpc) is 3.40. The summed E-state index contributed by atoms with van der Waals surface area (Å²) in [4.78, 5) is 27.6. The summed E-state index contributed by atoms with van der Waals surface area (Å²) in [7, 11) is 0. The highest BCUT2D eigenvalue weighted by molar-refractivity contribution is 6.51. The minimum absolute atomic E-state index is 0.0192. The molecule has 0 radical (unpaired) electrons. The number of carbonyl (C=O) groups is 2. The second kappa shape index (κ2) is 8.75. The fourth-order valence-electron chi connectivity index (χ4n) is 3.78. The Morgan fingerprint density at radius 1 is 1.09 bits per heavy atom. The smallest absolute Gasteiger partial charge is 0.300 e. The van der Waals surface area contributed by atoms with Crippen LogP contribution in [0.25, 0.3) is 5.76 Å². The van der Waals surface area contributed by atoms with E-state index in [2.05, 4.69) is 0 Å². The lowest BCUT2D eigenvalue weighted by molar-refractivity contribution is -0.132. The van der Waals surface area contributed by atoms with Crippen molar-refractivity contribution in [2.75, 3.05) is 11.5 Å². The first-order valence-corrected chi connectivity index (χ1v) is 10.5. The molecule has 1 N–H and O–H groups in total. The number of ether oxygens (including phenoxy) is 1. The van der Waals surface area contributed by atoms with Crippen molar-refractivity contribution in [3.63, 3.8) is 0 Å². The molecule has 1 aliphatic rings. The van der Waals surface area contributed by atoms with Crippen LogP contribution < -0.4 is 9.64 Å². The molecule has 1 amide bonds. The third kappa shape index (κ3) is 3.91. The molecule has 1 atom stereocenters. The SMILES string of the molecule is Cc1ccccc1N1C(=O)C(=O)/C(=C(\O)c2cccc(OCC(C)C)c2)C1c1ccco1. The molecule has 1 fully saturated rings. The Bertz CT molecular complexity index is 1180. The molecule has 1 unspecified atom stereocenters. The first-order valence-electron chi connectivity index (χ1n) is 10.5. The van der Waals surface area contributed by atoms with Gasteiger partial charge in [0.15, 0.2) is 0 Å². The van der Waals surface area contributed by atoms with E-state index in [1.165, 1.54) is 11.2 Å². The number of para-hydroxylation sites is 1. The summed E-state index contributed by atoms with van der Waals surface area (Å²) in [6.45, 7) is 6.47. The standard InChI is InChI=1S/C26H25NO5/c1-16(2)15-32-19-10-6-9-18(14-19)24(28)22-23(21-12-7-13-31-21)27(26(30)25(22)29)20-11-5-4-8-17(20)3/h4-14,16,23,28H,15H2,1-3H3/b24-22-. The number of carbonyl (C=O) groups excluding carboxylic acids is 2. The summed E-state index contributed by atoms with van der Waals surface area (Å²) < 4.78 is 11.4. The minimum Gasteiger partial charge on any atom is -0.507 e. The maximum atomic E-state index is 13.1. The summed E-state index contributed by atoms with van der Waals surface area (Å²) in [5.41, 5.74) is 1.79. The van der Waals surface area contributed by atoms with Gasteiger partial charge in [0.1, 0.15) is 23.3 Å². The van der Waals surface area contributed by atoms with Crippen molar-refractivity contribution < 1.29 is 23.8 Å². The number of hydrogen-bond donors (Lipinski definition) is 1. The van der Waals surface area contributed by atoms with Gasteiger partial charge in [-0.15, -0.1) is 0 Å². The van der Waals surface area contributed by atoms with Gasteiger partial charge < -0.3 is 14.3 Å². The van der Waals surface area contributed by atoms with Crippen LogP contribution in [0.4, 0.5) is 5.69 Å². The van der Waals surface area contributed by atoms with Crippen molar-refractivity contribution >= 4 is 23.1 Å². The van der Waals surface area contributed by atoms with Crippen LogP contribution in [0.3, 0.4) is 0 Å². The third-order valence-corrected chi connectivity index (χ3v) is 5.32. The molecule has 2 aromatic carbocycles. The predicted molar refractivity (Wildman–Crippen MR) is 121 cm³/mol. The molecule has 6 nitrogen and oxygen atoms in total. The molecule has 6 heteroatoms. The molecule has 0 saturated carbocycles. The molecule has 1 aliphatic heterocycles. The number of Topliss-reactive ketones (excluding diaryl/α,β-unsaturated/α-hetero) is 1. The number of aliphatic hydroxyl groups is 1. The largest absolute Gasteiger partial charge is 0.507 e. The molecule has 164 valence electrons. The predicted octanol–water partition coefficient (Wildman–Crippen LogP) is 5.25. The number of rotatable bonds is 6. The van der Waals surface area contributed by atoms with E-state index in [-0.39, 0.29) is 11.3 Å². The number of anilines is 1. The highest BCUT2D eigenvalue weighted by Gasteiger charge is 2.48. The Balaban J connectivity index is 1.84. The second-order valence-electron chi connectivity index (χ2n) is 8.20. The van der Waals surface area contributed by atoms with Crippen LogP contribution in [0.15, 0.2) is 76.9 Å². The van der Waals surface area contributed by atoms with Gasteiger partial charge in [0.25, 0.3) is 11.7 Å². The van der Waals surface area contributed by atoms with Crippen molar-refractivity contribution in [2.45, 2.75) is 26.8 Å². The summed E-state index contributed by atoms with van der Waals surface area (Å²) in [5, 5.41) is 11.2. The molecule has 0 aliphatic carbocycles. The van der Waals surface area contributed by atoms with Crippen LogP contribution in [0.5, 0.6) is 5.75 Å². The van der Waals surface area contributed by atoms with Gasteiger partial charge in [0.2, 0.25) is 0 Å². The lowest BCUT2D eigenvalue weighted by Crippen LogP contribution is -2.29. The number of amides is 1. The van der Waals surface area contributed by atoms with Gasteiger partial charge in [-0.05, 0) is 48.7 Å². The number of benzene rings is 2. The highest BCUT2D eigenvalue weighted by Crippen LogP contribution is 2.43. The van der Waals surface area contributed by atoms with E-state index in [0.717, 1.165) is 5.56 Å². The molecule has 3 aromatic rings. The van der Waals surface area contributed by atoms with Crippen molar-refractivity contribution in [1.82, 2.24) is 0 Å². The molecule has 0 spiro atoms. The molecule has 1 saturated heterocycles. The average molecular weight is 431 g/mol. The lowest BCUT2D eigenvalue weighted by Gasteiger charge is -2.24. The Kier molecular flexibility index (Phi) is 5.86. The molecule has 2 heterocycles. The summed E-state index contributed by atoms with van der Waals surface area (Å²) in [5.74, 6) is -0.441. The first-order chi connectivity index (χ1) is 15.4. The van der Waals surface area contributed by atoms with E-state index in [1.54, 1.807) is 48.5 Å². The maximum absolute atomic E-state index is 13.1. The number of nitrogens with zero attached hydrogens (tertiary/aromatic N) is 1. The van der Waals surface area contributed by atoms with E-state index in [4.69, 9.17) is 9.15 Å². The van der Waals surface area contributed by atoms with Crippen LogP contribution in [0.1, 0.15) is 36.8 Å². The number of hydrogen-bond acceptors (Lipinski definition) is 5. The van der Waals surface area contributed by atoms with Gasteiger partial charge in [0, 0.05) is 11.3 Å². The zero-order chi connectivity index (χ0) is 22.8. The van der Waals surface area contributed by atoms with Crippen molar-refractivity contribution in [2.24, 2.45) is 5.92 Å². The molecule has 32 heavy (non-hydrogen) atoms. The van der Waals surface area contributed by atoms with Gasteiger partial charge in [-0.2, -0.15) is 0 Å².